The van der Waals surface area contributed by atoms with Crippen LogP contribution in [0.5, 0.6) is 0 Å². The molecule has 2 aliphatic rings. The molecule has 0 spiro atoms. The van der Waals surface area contributed by atoms with Crippen molar-refractivity contribution < 1.29 is 16.8 Å². The Morgan fingerprint density at radius 2 is 1.81 bits per heavy atom. The molecule has 0 saturated carbocycles. The third-order valence-corrected chi connectivity index (χ3v) is 7.43. The fourth-order valence-corrected chi connectivity index (χ4v) is 5.29. The van der Waals surface area contributed by atoms with Gasteiger partial charge in [-0.25, -0.2) is 25.4 Å². The molecule has 21 heavy (non-hydrogen) atoms. The van der Waals surface area contributed by atoms with Crippen LogP contribution in [-0.2, 0) is 20.0 Å². The molecule has 2 rings (SSSR count). The fourth-order valence-electron chi connectivity index (χ4n) is 2.82. The molecule has 0 aromatic carbocycles. The Balaban J connectivity index is 1.83. The zero-order valence-corrected chi connectivity index (χ0v) is 14.2. The van der Waals surface area contributed by atoms with Crippen LogP contribution in [0.25, 0.3) is 0 Å². The van der Waals surface area contributed by atoms with Crippen LogP contribution in [0.4, 0.5) is 0 Å². The van der Waals surface area contributed by atoms with Gasteiger partial charge >= 0.3 is 0 Å². The molecule has 1 atom stereocenters. The lowest BCUT2D eigenvalue weighted by Crippen LogP contribution is -2.53. The third kappa shape index (κ3) is 4.51. The molecule has 0 radical (unpaired) electrons. The van der Waals surface area contributed by atoms with Crippen LogP contribution in [0.1, 0.15) is 19.3 Å². The number of hydrogen-bond acceptors (Lipinski definition) is 4. The Kier molecular flexibility index (Phi) is 5.12. The first-order chi connectivity index (χ1) is 9.68. The van der Waals surface area contributed by atoms with Crippen molar-refractivity contribution in [1.29, 1.82) is 0 Å². The van der Waals surface area contributed by atoms with Gasteiger partial charge < -0.3 is 0 Å². The molecule has 0 aromatic heterocycles. The van der Waals surface area contributed by atoms with Gasteiger partial charge in [-0.05, 0) is 25.2 Å². The molecule has 6 nitrogen and oxygen atoms in total. The summed E-state index contributed by atoms with van der Waals surface area (Å²) in [5, 5.41) is 0. The Bertz CT molecular complexity index is 592. The molecule has 0 N–H and O–H groups in total. The number of allylic oxidation sites excluding steroid dienone is 2. The lowest BCUT2D eigenvalue weighted by atomic mass is 9.95. The average molecular weight is 336 g/mol. The van der Waals surface area contributed by atoms with E-state index in [-0.39, 0.29) is 11.7 Å². The monoisotopic (exact) mass is 336 g/mol. The number of rotatable bonds is 6. The predicted molar refractivity (Wildman–Crippen MR) is 82.8 cm³/mol. The summed E-state index contributed by atoms with van der Waals surface area (Å²) in [4.78, 5) is 0. The number of hydrogen-bond donors (Lipinski definition) is 0. The minimum atomic E-state index is -3.30. The summed E-state index contributed by atoms with van der Waals surface area (Å²) in [6, 6.07) is 0. The summed E-state index contributed by atoms with van der Waals surface area (Å²) in [5.41, 5.74) is 0. The van der Waals surface area contributed by atoms with Gasteiger partial charge in [0, 0.05) is 32.6 Å². The zero-order chi connectivity index (χ0) is 15.7. The highest BCUT2D eigenvalue weighted by molar-refractivity contribution is 7.89. The molecule has 0 amide bonds. The first kappa shape index (κ1) is 16.9. The maximum absolute atomic E-state index is 12.3. The van der Waals surface area contributed by atoms with E-state index in [1.54, 1.807) is 7.05 Å². The standard InChI is InChI=1S/C13H24N2O4S2/c1-14(8-12-6-4-3-5-7-12)21(18,19)11-13-9-15(10-13)20(2,16)17/h3-4,12-13H,5-11H2,1-2H3. The second-order valence-electron chi connectivity index (χ2n) is 6.16. The maximum Gasteiger partial charge on any atom is 0.214 e. The van der Waals surface area contributed by atoms with E-state index in [9.17, 15) is 16.8 Å². The third-order valence-electron chi connectivity index (χ3n) is 4.21. The molecule has 1 heterocycles. The molecule has 1 unspecified atom stereocenters. The summed E-state index contributed by atoms with van der Waals surface area (Å²) in [6.45, 7) is 1.19. The second-order valence-corrected chi connectivity index (χ2v) is 10.3. The van der Waals surface area contributed by atoms with Gasteiger partial charge in [-0.3, -0.25) is 0 Å². The van der Waals surface area contributed by atoms with Gasteiger partial charge in [0.2, 0.25) is 20.0 Å². The molecule has 0 bridgehead atoms. The SMILES string of the molecule is CN(CC1CC=CCC1)S(=O)(=O)CC1CN(S(C)(=O)=O)C1. The van der Waals surface area contributed by atoms with Crippen LogP contribution in [0.15, 0.2) is 12.2 Å². The van der Waals surface area contributed by atoms with E-state index in [0.717, 1.165) is 25.5 Å². The predicted octanol–water partition coefficient (Wildman–Crippen LogP) is 0.496. The summed E-state index contributed by atoms with van der Waals surface area (Å²) in [6.07, 6.45) is 8.39. The molecule has 8 heteroatoms. The van der Waals surface area contributed by atoms with Gasteiger partial charge in [0.25, 0.3) is 0 Å². The molecular formula is C13H24N2O4S2. The van der Waals surface area contributed by atoms with Crippen LogP contribution in [0.3, 0.4) is 0 Å². The van der Waals surface area contributed by atoms with Crippen LogP contribution >= 0.6 is 0 Å². The highest BCUT2D eigenvalue weighted by atomic mass is 32.2. The molecular weight excluding hydrogens is 312 g/mol. The minimum absolute atomic E-state index is 0.0398. The van der Waals surface area contributed by atoms with Crippen molar-refractivity contribution in [2.24, 2.45) is 11.8 Å². The Morgan fingerprint density at radius 3 is 2.33 bits per heavy atom. The zero-order valence-electron chi connectivity index (χ0n) is 12.6. The number of nitrogens with zero attached hydrogens (tertiary/aromatic N) is 2. The largest absolute Gasteiger partial charge is 0.214 e. The molecule has 1 aliphatic carbocycles. The lowest BCUT2D eigenvalue weighted by Gasteiger charge is -2.37. The normalized spacial score (nSPS) is 25.2. The van der Waals surface area contributed by atoms with Crippen LogP contribution in [-0.4, -0.2) is 64.1 Å². The summed E-state index contributed by atoms with van der Waals surface area (Å²) >= 11 is 0. The van der Waals surface area contributed by atoms with E-state index in [0.29, 0.717) is 25.6 Å². The van der Waals surface area contributed by atoms with Crippen LogP contribution in [0.2, 0.25) is 0 Å². The van der Waals surface area contributed by atoms with Crippen molar-refractivity contribution in [2.75, 3.05) is 38.7 Å². The Labute approximate surface area is 127 Å². The van der Waals surface area contributed by atoms with E-state index in [1.807, 2.05) is 0 Å². The van der Waals surface area contributed by atoms with Gasteiger partial charge in [-0.1, -0.05) is 12.2 Å². The topological polar surface area (TPSA) is 74.8 Å². The van der Waals surface area contributed by atoms with E-state index in [4.69, 9.17) is 0 Å². The van der Waals surface area contributed by atoms with Crippen molar-refractivity contribution in [1.82, 2.24) is 8.61 Å². The van der Waals surface area contributed by atoms with Crippen LogP contribution in [0, 0.1) is 11.8 Å². The smallest absolute Gasteiger partial charge is 0.213 e. The maximum atomic E-state index is 12.3. The number of sulfonamides is 2. The van der Waals surface area contributed by atoms with Crippen molar-refractivity contribution in [3.05, 3.63) is 12.2 Å². The molecule has 0 aromatic rings. The highest BCUT2D eigenvalue weighted by Gasteiger charge is 2.37. The molecule has 1 aliphatic heterocycles. The molecule has 1 fully saturated rings. The van der Waals surface area contributed by atoms with Gasteiger partial charge in [0.05, 0.1) is 12.0 Å². The highest BCUT2D eigenvalue weighted by Crippen LogP contribution is 2.23. The van der Waals surface area contributed by atoms with Gasteiger partial charge in [-0.2, -0.15) is 0 Å². The quantitative estimate of drug-likeness (QED) is 0.662. The van der Waals surface area contributed by atoms with E-state index >= 15 is 0 Å². The van der Waals surface area contributed by atoms with Gasteiger partial charge in [0.15, 0.2) is 0 Å². The first-order valence-corrected chi connectivity index (χ1v) is 10.7. The van der Waals surface area contributed by atoms with Gasteiger partial charge in [-0.15, -0.1) is 0 Å². The fraction of sp³-hybridized carbons (Fsp3) is 0.846. The lowest BCUT2D eigenvalue weighted by molar-refractivity contribution is 0.219. The summed E-state index contributed by atoms with van der Waals surface area (Å²) in [5.74, 6) is 0.347. The molecule has 1 saturated heterocycles. The van der Waals surface area contributed by atoms with E-state index in [2.05, 4.69) is 12.2 Å². The van der Waals surface area contributed by atoms with Crippen LogP contribution < -0.4 is 0 Å². The first-order valence-electron chi connectivity index (χ1n) is 7.22. The van der Waals surface area contributed by atoms with Crippen molar-refractivity contribution >= 4 is 20.0 Å². The van der Waals surface area contributed by atoms with Gasteiger partial charge in [0.1, 0.15) is 0 Å². The summed E-state index contributed by atoms with van der Waals surface area (Å²) in [7, 11) is -4.86. The Hall–Kier alpha value is -0.440. The van der Waals surface area contributed by atoms with Crippen molar-refractivity contribution in [2.45, 2.75) is 19.3 Å². The van der Waals surface area contributed by atoms with E-state index < -0.39 is 20.0 Å². The molecule has 122 valence electrons. The Morgan fingerprint density at radius 1 is 1.14 bits per heavy atom. The van der Waals surface area contributed by atoms with Crippen molar-refractivity contribution in [3.63, 3.8) is 0 Å². The average Bonchev–Trinajstić information content (AvgIpc) is 2.33. The summed E-state index contributed by atoms with van der Waals surface area (Å²) < 4.78 is 49.9. The van der Waals surface area contributed by atoms with Crippen molar-refractivity contribution in [3.8, 4) is 0 Å². The minimum Gasteiger partial charge on any atom is -0.213 e. The second kappa shape index (κ2) is 6.36. The van der Waals surface area contributed by atoms with E-state index in [1.165, 1.54) is 8.61 Å².